The van der Waals surface area contributed by atoms with Crippen LogP contribution in [-0.4, -0.2) is 32.0 Å². The van der Waals surface area contributed by atoms with Crippen LogP contribution in [0.1, 0.15) is 0 Å². The SMILES string of the molecule is NNC(N)=O.O=S(=O)(O)c1ccc(Oc2ccc(S(=O)(=O)O)cc2)cc1. The van der Waals surface area contributed by atoms with Crippen molar-refractivity contribution in [2.75, 3.05) is 0 Å². The van der Waals surface area contributed by atoms with Crippen molar-refractivity contribution in [1.82, 2.24) is 5.43 Å². The van der Waals surface area contributed by atoms with Gasteiger partial charge in [-0.05, 0) is 48.5 Å². The number of hydrazine groups is 1. The number of ether oxygens (including phenoxy) is 1. The summed E-state index contributed by atoms with van der Waals surface area (Å²) in [5.74, 6) is 5.03. The molecular weight excluding hydrogens is 390 g/mol. The Labute approximate surface area is 149 Å². The zero-order valence-corrected chi connectivity index (χ0v) is 14.6. The molecular formula is C13H15N3O8S2. The van der Waals surface area contributed by atoms with E-state index in [1.54, 1.807) is 5.43 Å². The molecule has 0 fully saturated rings. The lowest BCUT2D eigenvalue weighted by Crippen LogP contribution is -2.34. The van der Waals surface area contributed by atoms with Gasteiger partial charge in [0, 0.05) is 0 Å². The van der Waals surface area contributed by atoms with Crippen LogP contribution < -0.4 is 21.7 Å². The van der Waals surface area contributed by atoms with Crippen LogP contribution in [0.3, 0.4) is 0 Å². The van der Waals surface area contributed by atoms with Crippen molar-refractivity contribution >= 4 is 26.3 Å². The van der Waals surface area contributed by atoms with Crippen molar-refractivity contribution < 1.29 is 35.5 Å². The molecule has 11 nitrogen and oxygen atoms in total. The van der Waals surface area contributed by atoms with Crippen LogP contribution in [0.25, 0.3) is 0 Å². The van der Waals surface area contributed by atoms with Gasteiger partial charge in [0.05, 0.1) is 9.79 Å². The Morgan fingerprint density at radius 2 is 1.08 bits per heavy atom. The third kappa shape index (κ3) is 7.04. The van der Waals surface area contributed by atoms with Gasteiger partial charge in [-0.2, -0.15) is 16.8 Å². The van der Waals surface area contributed by atoms with Crippen LogP contribution in [0.2, 0.25) is 0 Å². The van der Waals surface area contributed by atoms with Crippen LogP contribution in [0, 0.1) is 0 Å². The van der Waals surface area contributed by atoms with E-state index in [0.717, 1.165) is 24.3 Å². The van der Waals surface area contributed by atoms with Gasteiger partial charge in [0.25, 0.3) is 20.2 Å². The number of hydrogen-bond acceptors (Lipinski definition) is 7. The van der Waals surface area contributed by atoms with Gasteiger partial charge in [0.1, 0.15) is 11.5 Å². The van der Waals surface area contributed by atoms with Crippen molar-refractivity contribution in [3.8, 4) is 11.5 Å². The number of hydrogen-bond donors (Lipinski definition) is 5. The highest BCUT2D eigenvalue weighted by atomic mass is 32.2. The van der Waals surface area contributed by atoms with Crippen molar-refractivity contribution in [2.24, 2.45) is 11.6 Å². The predicted molar refractivity (Wildman–Crippen MR) is 89.5 cm³/mol. The Morgan fingerprint density at radius 1 is 0.808 bits per heavy atom. The second kappa shape index (κ2) is 8.59. The van der Waals surface area contributed by atoms with Crippen molar-refractivity contribution in [3.63, 3.8) is 0 Å². The highest BCUT2D eigenvalue weighted by Gasteiger charge is 2.10. The molecule has 0 aliphatic carbocycles. The van der Waals surface area contributed by atoms with E-state index in [1.165, 1.54) is 24.3 Å². The van der Waals surface area contributed by atoms with Crippen LogP contribution in [0.5, 0.6) is 11.5 Å². The van der Waals surface area contributed by atoms with Gasteiger partial charge in [-0.25, -0.2) is 10.6 Å². The normalized spacial score (nSPS) is 11.0. The zero-order chi connectivity index (χ0) is 20.0. The lowest BCUT2D eigenvalue weighted by Gasteiger charge is -2.06. The maximum absolute atomic E-state index is 10.9. The summed E-state index contributed by atoms with van der Waals surface area (Å²) in [6.07, 6.45) is 0. The smallest absolute Gasteiger partial charge is 0.326 e. The number of amides is 2. The number of carbonyl (C=O) groups excluding carboxylic acids is 1. The molecule has 0 atom stereocenters. The van der Waals surface area contributed by atoms with Crippen molar-refractivity contribution in [1.29, 1.82) is 0 Å². The molecule has 0 spiro atoms. The quantitative estimate of drug-likeness (QED) is 0.208. The second-order valence-electron chi connectivity index (χ2n) is 4.50. The molecule has 0 saturated heterocycles. The minimum absolute atomic E-state index is 0.267. The lowest BCUT2D eigenvalue weighted by molar-refractivity contribution is 0.249. The standard InChI is InChI=1S/C12H10O7S2.CH5N3O/c13-20(14,15)11-5-1-9(2-6-11)19-10-3-7-12(8-4-10)21(16,17)18;2-1(5)4-3/h1-8H,(H,13,14,15)(H,16,17,18);3H2,(H3,2,4,5). The van der Waals surface area contributed by atoms with E-state index in [2.05, 4.69) is 11.6 Å². The van der Waals surface area contributed by atoms with Gasteiger partial charge >= 0.3 is 6.03 Å². The third-order valence-electron chi connectivity index (χ3n) is 2.62. The van der Waals surface area contributed by atoms with Crippen LogP contribution in [0.15, 0.2) is 58.3 Å². The summed E-state index contributed by atoms with van der Waals surface area (Å²) in [6, 6.07) is 9.27. The van der Waals surface area contributed by atoms with Gasteiger partial charge in [0.2, 0.25) is 0 Å². The van der Waals surface area contributed by atoms with Gasteiger partial charge in [-0.1, -0.05) is 0 Å². The number of primary amides is 1. The first kappa shape index (κ1) is 21.3. The Balaban J connectivity index is 0.000000597. The second-order valence-corrected chi connectivity index (χ2v) is 7.35. The highest BCUT2D eigenvalue weighted by molar-refractivity contribution is 7.86. The lowest BCUT2D eigenvalue weighted by atomic mass is 10.3. The Morgan fingerprint density at radius 3 is 1.27 bits per heavy atom. The van der Waals surface area contributed by atoms with E-state index in [1.807, 2.05) is 0 Å². The van der Waals surface area contributed by atoms with Crippen LogP contribution in [0.4, 0.5) is 4.79 Å². The molecule has 142 valence electrons. The van der Waals surface area contributed by atoms with Gasteiger partial charge in [-0.15, -0.1) is 0 Å². The monoisotopic (exact) mass is 405 g/mol. The number of rotatable bonds is 4. The molecule has 0 saturated carbocycles. The molecule has 2 aromatic carbocycles. The Hall–Kier alpha value is -2.71. The summed E-state index contributed by atoms with van der Waals surface area (Å²) in [5, 5.41) is 0. The van der Waals surface area contributed by atoms with Crippen LogP contribution >= 0.6 is 0 Å². The fourth-order valence-corrected chi connectivity index (χ4v) is 2.46. The molecule has 0 heterocycles. The molecule has 13 heteroatoms. The molecule has 2 amide bonds. The molecule has 26 heavy (non-hydrogen) atoms. The molecule has 0 bridgehead atoms. The summed E-state index contributed by atoms with van der Waals surface area (Å²) in [7, 11) is -8.53. The number of carbonyl (C=O) groups is 1. The highest BCUT2D eigenvalue weighted by Crippen LogP contribution is 2.24. The zero-order valence-electron chi connectivity index (χ0n) is 12.9. The maximum atomic E-state index is 10.9. The van der Waals surface area contributed by atoms with Crippen LogP contribution in [-0.2, 0) is 20.2 Å². The topological polar surface area (TPSA) is 199 Å². The number of nitrogens with one attached hydrogen (secondary N) is 1. The largest absolute Gasteiger partial charge is 0.457 e. The first-order valence-electron chi connectivity index (χ1n) is 6.52. The molecule has 0 aromatic heterocycles. The van der Waals surface area contributed by atoms with Gasteiger partial charge < -0.3 is 10.5 Å². The molecule has 0 unspecified atom stereocenters. The molecule has 2 aromatic rings. The average Bonchev–Trinajstić information content (AvgIpc) is 2.55. The van der Waals surface area contributed by atoms with Gasteiger partial charge in [-0.3, -0.25) is 14.5 Å². The molecule has 0 aliphatic heterocycles. The minimum Gasteiger partial charge on any atom is -0.457 e. The summed E-state index contributed by atoms with van der Waals surface area (Å²) in [4.78, 5) is 8.82. The Bertz CT molecular complexity index is 882. The molecule has 7 N–H and O–H groups in total. The van der Waals surface area contributed by atoms with Crippen molar-refractivity contribution in [3.05, 3.63) is 48.5 Å². The fourth-order valence-electron chi connectivity index (χ4n) is 1.50. The van der Waals surface area contributed by atoms with E-state index in [4.69, 9.17) is 13.8 Å². The fraction of sp³-hybridized carbons (Fsp3) is 0. The predicted octanol–water partition coefficient (Wildman–Crippen LogP) is 0.501. The van der Waals surface area contributed by atoms with E-state index in [0.29, 0.717) is 11.5 Å². The third-order valence-corrected chi connectivity index (χ3v) is 4.36. The minimum atomic E-state index is -4.26. The number of nitrogens with two attached hydrogens (primary N) is 2. The maximum Gasteiger partial charge on any atom is 0.326 e. The first-order valence-corrected chi connectivity index (χ1v) is 9.40. The summed E-state index contributed by atoms with van der Waals surface area (Å²) in [6.45, 7) is 0. The summed E-state index contributed by atoms with van der Waals surface area (Å²) < 4.78 is 66.5. The first-order chi connectivity index (χ1) is 11.9. The summed E-state index contributed by atoms with van der Waals surface area (Å²) >= 11 is 0. The number of urea groups is 1. The molecule has 0 radical (unpaired) electrons. The average molecular weight is 405 g/mol. The van der Waals surface area contributed by atoms with E-state index in [9.17, 15) is 21.6 Å². The van der Waals surface area contributed by atoms with E-state index < -0.39 is 26.3 Å². The summed E-state index contributed by atoms with van der Waals surface area (Å²) in [5.41, 5.74) is 6.08. The number of benzene rings is 2. The van der Waals surface area contributed by atoms with Gasteiger partial charge in [0.15, 0.2) is 0 Å². The Kier molecular flexibility index (Phi) is 7.05. The molecule has 0 aliphatic rings. The molecule has 2 rings (SSSR count). The van der Waals surface area contributed by atoms with E-state index in [-0.39, 0.29) is 9.79 Å². The van der Waals surface area contributed by atoms with E-state index >= 15 is 0 Å². The van der Waals surface area contributed by atoms with Crippen molar-refractivity contribution in [2.45, 2.75) is 9.79 Å².